The lowest BCUT2D eigenvalue weighted by Crippen LogP contribution is -2.46. The molecular formula is C22H25N7O3S2. The Kier molecular flexibility index (Phi) is 7.68. The third kappa shape index (κ3) is 5.67. The Bertz CT molecular complexity index is 1160. The first kappa shape index (κ1) is 24.4. The SMILES string of the molecule is CN1CCN([S+]([O-])c2ccc(-c3cnc(N)c(C(=O)Nc4cccc([S+](N)[O-])c4)n3)cc2)CC1. The van der Waals surface area contributed by atoms with Crippen LogP contribution in [0.5, 0.6) is 0 Å². The number of amides is 1. The van der Waals surface area contributed by atoms with Gasteiger partial charge in [-0.15, -0.1) is 9.44 Å². The molecule has 0 radical (unpaired) electrons. The van der Waals surface area contributed by atoms with Crippen LogP contribution in [-0.4, -0.2) is 67.4 Å². The maximum Gasteiger partial charge on any atom is 0.278 e. The lowest BCUT2D eigenvalue weighted by molar-refractivity contribution is 0.102. The number of carbonyl (C=O) groups is 1. The number of piperazine rings is 1. The van der Waals surface area contributed by atoms with Gasteiger partial charge < -0.3 is 25.1 Å². The third-order valence-corrected chi connectivity index (χ3v) is 7.62. The van der Waals surface area contributed by atoms with Gasteiger partial charge in [-0.25, -0.2) is 9.97 Å². The maximum atomic E-state index is 12.9. The van der Waals surface area contributed by atoms with Crippen molar-refractivity contribution in [2.24, 2.45) is 5.14 Å². The summed E-state index contributed by atoms with van der Waals surface area (Å²) in [5, 5.41) is 8.08. The first-order chi connectivity index (χ1) is 16.3. The fourth-order valence-corrected chi connectivity index (χ4v) is 5.06. The number of hydrogen-bond acceptors (Lipinski definition) is 9. The Labute approximate surface area is 204 Å². The summed E-state index contributed by atoms with van der Waals surface area (Å²) in [6, 6.07) is 13.6. The van der Waals surface area contributed by atoms with Gasteiger partial charge >= 0.3 is 0 Å². The van der Waals surface area contributed by atoms with Gasteiger partial charge in [-0.1, -0.05) is 6.07 Å². The average Bonchev–Trinajstić information content (AvgIpc) is 2.84. The molecule has 0 spiro atoms. The van der Waals surface area contributed by atoms with E-state index >= 15 is 0 Å². The number of anilines is 2. The molecule has 1 aliphatic rings. The number of rotatable bonds is 6. The molecule has 2 heterocycles. The molecule has 1 amide bonds. The number of likely N-dealkylation sites (N-methyl/N-ethyl adjacent to an activating group) is 1. The summed E-state index contributed by atoms with van der Waals surface area (Å²) in [5.41, 5.74) is 7.43. The van der Waals surface area contributed by atoms with Gasteiger partial charge in [0, 0.05) is 30.4 Å². The number of hydrogen-bond donors (Lipinski definition) is 3. The van der Waals surface area contributed by atoms with Gasteiger partial charge in [-0.2, -0.15) is 0 Å². The molecule has 0 aliphatic carbocycles. The van der Waals surface area contributed by atoms with Crippen molar-refractivity contribution in [3.8, 4) is 11.3 Å². The second-order valence-electron chi connectivity index (χ2n) is 7.77. The van der Waals surface area contributed by atoms with Crippen LogP contribution in [0.1, 0.15) is 10.5 Å². The van der Waals surface area contributed by atoms with Gasteiger partial charge in [0.15, 0.2) is 21.3 Å². The number of carbonyl (C=O) groups excluding carboxylic acids is 1. The predicted molar refractivity (Wildman–Crippen MR) is 132 cm³/mol. The highest BCUT2D eigenvalue weighted by Crippen LogP contribution is 2.24. The van der Waals surface area contributed by atoms with Crippen LogP contribution < -0.4 is 16.2 Å². The Morgan fingerprint density at radius 1 is 1.06 bits per heavy atom. The molecular weight excluding hydrogens is 474 g/mol. The first-order valence-electron chi connectivity index (χ1n) is 10.5. The van der Waals surface area contributed by atoms with Crippen LogP contribution in [-0.2, 0) is 22.7 Å². The van der Waals surface area contributed by atoms with Crippen molar-refractivity contribution in [1.82, 2.24) is 19.2 Å². The maximum absolute atomic E-state index is 12.9. The van der Waals surface area contributed by atoms with E-state index in [1.165, 1.54) is 12.3 Å². The van der Waals surface area contributed by atoms with Crippen LogP contribution in [0.3, 0.4) is 0 Å². The molecule has 178 valence electrons. The van der Waals surface area contributed by atoms with Crippen molar-refractivity contribution < 1.29 is 13.9 Å². The van der Waals surface area contributed by atoms with Crippen LogP contribution in [0.2, 0.25) is 0 Å². The zero-order chi connectivity index (χ0) is 24.2. The number of benzene rings is 2. The van der Waals surface area contributed by atoms with Crippen molar-refractivity contribution in [2.45, 2.75) is 9.79 Å². The molecule has 5 N–H and O–H groups in total. The Morgan fingerprint density at radius 2 is 1.76 bits per heavy atom. The predicted octanol–water partition coefficient (Wildman–Crippen LogP) is 1.23. The Balaban J connectivity index is 1.50. The quantitative estimate of drug-likeness (QED) is 0.424. The molecule has 10 nitrogen and oxygen atoms in total. The minimum atomic E-state index is -1.67. The molecule has 4 rings (SSSR count). The summed E-state index contributed by atoms with van der Waals surface area (Å²) >= 11 is -2.91. The molecule has 3 aromatic rings. The minimum absolute atomic E-state index is 0.0207. The van der Waals surface area contributed by atoms with E-state index in [2.05, 4.69) is 27.2 Å². The number of nitrogens with zero attached hydrogens (tertiary/aromatic N) is 4. The number of nitrogens with two attached hydrogens (primary N) is 2. The van der Waals surface area contributed by atoms with E-state index in [0.717, 1.165) is 26.2 Å². The second-order valence-corrected chi connectivity index (χ2v) is 10.3. The zero-order valence-electron chi connectivity index (χ0n) is 18.5. The summed E-state index contributed by atoms with van der Waals surface area (Å²) in [5.74, 6) is -0.577. The largest absolute Gasteiger partial charge is 0.593 e. The minimum Gasteiger partial charge on any atom is -0.593 e. The van der Waals surface area contributed by atoms with E-state index in [9.17, 15) is 13.9 Å². The van der Waals surface area contributed by atoms with Gasteiger partial charge in [-0.05, 0) is 43.4 Å². The van der Waals surface area contributed by atoms with E-state index in [-0.39, 0.29) is 11.5 Å². The monoisotopic (exact) mass is 499 g/mol. The van der Waals surface area contributed by atoms with E-state index in [4.69, 9.17) is 10.9 Å². The summed E-state index contributed by atoms with van der Waals surface area (Å²) in [6.45, 7) is 3.25. The summed E-state index contributed by atoms with van der Waals surface area (Å²) in [6.07, 6.45) is 1.48. The molecule has 2 aromatic carbocycles. The van der Waals surface area contributed by atoms with Gasteiger partial charge in [0.05, 0.1) is 47.7 Å². The molecule has 12 heteroatoms. The van der Waals surface area contributed by atoms with Crippen molar-refractivity contribution in [3.05, 3.63) is 60.4 Å². The van der Waals surface area contributed by atoms with Crippen LogP contribution >= 0.6 is 0 Å². The fraction of sp³-hybridized carbons (Fsp3) is 0.227. The zero-order valence-corrected chi connectivity index (χ0v) is 20.1. The Morgan fingerprint density at radius 3 is 2.44 bits per heavy atom. The van der Waals surface area contributed by atoms with Gasteiger partial charge in [0.2, 0.25) is 0 Å². The molecule has 0 saturated carbocycles. The molecule has 2 unspecified atom stereocenters. The number of nitrogens with one attached hydrogen (secondary N) is 1. The van der Waals surface area contributed by atoms with Crippen LogP contribution in [0.4, 0.5) is 11.5 Å². The highest BCUT2D eigenvalue weighted by molar-refractivity contribution is 7.89. The van der Waals surface area contributed by atoms with Crippen molar-refractivity contribution in [1.29, 1.82) is 0 Å². The van der Waals surface area contributed by atoms with E-state index < -0.39 is 28.6 Å². The highest BCUT2D eigenvalue weighted by atomic mass is 32.2. The molecule has 1 aliphatic heterocycles. The summed E-state index contributed by atoms with van der Waals surface area (Å²) in [4.78, 5) is 24.6. The van der Waals surface area contributed by atoms with Crippen LogP contribution in [0, 0.1) is 0 Å². The smallest absolute Gasteiger partial charge is 0.278 e. The van der Waals surface area contributed by atoms with Crippen LogP contribution in [0.15, 0.2) is 64.5 Å². The standard InChI is InChI=1S/C22H25N7O3S2/c1-28-9-11-29(12-10-28)34(32)17-7-5-15(6-8-17)19-14-25-21(23)20(27-19)22(30)26-16-3-2-4-18(13-16)33(24)31/h2-8,13-14H,9-12,24H2,1H3,(H2,23,25)(H,26,30). The van der Waals surface area contributed by atoms with Gasteiger partial charge in [0.25, 0.3) is 5.91 Å². The average molecular weight is 500 g/mol. The van der Waals surface area contributed by atoms with Crippen molar-refractivity contribution >= 4 is 40.1 Å². The molecule has 0 bridgehead atoms. The van der Waals surface area contributed by atoms with Crippen molar-refractivity contribution in [2.75, 3.05) is 44.3 Å². The fourth-order valence-electron chi connectivity index (χ4n) is 3.44. The normalized spacial score (nSPS) is 16.7. The third-order valence-electron chi connectivity index (χ3n) is 5.39. The van der Waals surface area contributed by atoms with Crippen molar-refractivity contribution in [3.63, 3.8) is 0 Å². The lowest BCUT2D eigenvalue weighted by Gasteiger charge is -2.31. The Hall–Kier alpha value is -2.71. The van der Waals surface area contributed by atoms with Gasteiger partial charge in [0.1, 0.15) is 0 Å². The topological polar surface area (TPSA) is 160 Å². The number of nitrogen functional groups attached to an aromatic ring is 1. The van der Waals surface area contributed by atoms with E-state index in [1.807, 2.05) is 4.31 Å². The lowest BCUT2D eigenvalue weighted by atomic mass is 10.1. The molecule has 1 saturated heterocycles. The first-order valence-corrected chi connectivity index (χ1v) is 12.8. The second kappa shape index (κ2) is 10.7. The summed E-state index contributed by atoms with van der Waals surface area (Å²) < 4.78 is 26.3. The summed E-state index contributed by atoms with van der Waals surface area (Å²) in [7, 11) is 2.05. The molecule has 1 fully saturated rings. The highest BCUT2D eigenvalue weighted by Gasteiger charge is 2.26. The van der Waals surface area contributed by atoms with E-state index in [0.29, 0.717) is 26.7 Å². The van der Waals surface area contributed by atoms with Crippen LogP contribution in [0.25, 0.3) is 11.3 Å². The molecule has 34 heavy (non-hydrogen) atoms. The van der Waals surface area contributed by atoms with E-state index in [1.54, 1.807) is 42.5 Å². The molecule has 2 atom stereocenters. The van der Waals surface area contributed by atoms with Gasteiger partial charge in [-0.3, -0.25) is 4.79 Å². The molecule has 1 aromatic heterocycles. The number of aromatic nitrogens is 2.